The fraction of sp³-hybridized carbons (Fsp3) is 0.733. The Labute approximate surface area is 132 Å². The summed E-state index contributed by atoms with van der Waals surface area (Å²) in [6.45, 7) is 7.11. The minimum atomic E-state index is -0.152. The molecule has 5 nitrogen and oxygen atoms in total. The van der Waals surface area contributed by atoms with Crippen LogP contribution >= 0.6 is 12.4 Å². The molecule has 0 saturated carbocycles. The molecule has 1 aliphatic heterocycles. The number of rotatable bonds is 7. The summed E-state index contributed by atoms with van der Waals surface area (Å²) in [5.74, 6) is 1.24. The van der Waals surface area contributed by atoms with Gasteiger partial charge in [0.1, 0.15) is 0 Å². The lowest BCUT2D eigenvalue weighted by molar-refractivity contribution is 0.0914. The molecule has 2 rings (SSSR count). The van der Waals surface area contributed by atoms with E-state index in [1.807, 2.05) is 0 Å². The predicted octanol–water partition coefficient (Wildman–Crippen LogP) is 2.73. The molecular weight excluding hydrogens is 290 g/mol. The first-order chi connectivity index (χ1) is 9.74. The van der Waals surface area contributed by atoms with Gasteiger partial charge in [-0.2, -0.15) is 0 Å². The molecule has 0 spiro atoms. The number of amides is 1. The van der Waals surface area contributed by atoms with Crippen molar-refractivity contribution in [2.45, 2.75) is 45.4 Å². The van der Waals surface area contributed by atoms with Crippen molar-refractivity contribution < 1.29 is 9.32 Å². The molecule has 0 aromatic carbocycles. The molecular formula is C15H26ClN3O2. The molecule has 1 amide bonds. The van der Waals surface area contributed by atoms with Gasteiger partial charge in [0.05, 0.1) is 5.69 Å². The molecule has 1 atom stereocenters. The highest BCUT2D eigenvalue weighted by atomic mass is 35.5. The third-order valence-corrected chi connectivity index (χ3v) is 4.16. The molecule has 0 aliphatic carbocycles. The quantitative estimate of drug-likeness (QED) is 0.812. The molecule has 0 bridgehead atoms. The Bertz CT molecular complexity index is 426. The third kappa shape index (κ3) is 5.00. The van der Waals surface area contributed by atoms with Gasteiger partial charge in [0, 0.05) is 18.5 Å². The van der Waals surface area contributed by atoms with Crippen LogP contribution in [-0.4, -0.2) is 30.7 Å². The average Bonchev–Trinajstić information content (AvgIpc) is 3.11. The number of hydrogen-bond donors (Lipinski definition) is 2. The van der Waals surface area contributed by atoms with Gasteiger partial charge < -0.3 is 15.2 Å². The van der Waals surface area contributed by atoms with Crippen LogP contribution in [0.15, 0.2) is 10.6 Å². The van der Waals surface area contributed by atoms with Gasteiger partial charge in [-0.15, -0.1) is 12.4 Å². The van der Waals surface area contributed by atoms with Crippen LogP contribution in [-0.2, 0) is 0 Å². The molecule has 1 aromatic rings. The standard InChI is InChI=1S/C15H25N3O2.ClH/c1-3-12(4-2)13-9-14(20-18-13)15(19)17-8-6-11-5-7-16-10-11;/h9,11-12,16H,3-8,10H2,1-2H3,(H,17,19);1H. The lowest BCUT2D eigenvalue weighted by Gasteiger charge is -2.08. The fourth-order valence-electron chi connectivity index (χ4n) is 2.73. The van der Waals surface area contributed by atoms with Gasteiger partial charge >= 0.3 is 0 Å². The molecule has 2 heterocycles. The highest BCUT2D eigenvalue weighted by Crippen LogP contribution is 2.22. The molecule has 1 saturated heterocycles. The Morgan fingerprint density at radius 3 is 2.90 bits per heavy atom. The molecule has 120 valence electrons. The third-order valence-electron chi connectivity index (χ3n) is 4.16. The van der Waals surface area contributed by atoms with Crippen molar-refractivity contribution >= 4 is 18.3 Å². The van der Waals surface area contributed by atoms with E-state index in [9.17, 15) is 4.79 Å². The maximum absolute atomic E-state index is 12.0. The number of nitrogens with one attached hydrogen (secondary N) is 2. The zero-order chi connectivity index (χ0) is 14.4. The molecule has 1 fully saturated rings. The van der Waals surface area contributed by atoms with E-state index >= 15 is 0 Å². The molecule has 6 heteroatoms. The van der Waals surface area contributed by atoms with Gasteiger partial charge in [0.15, 0.2) is 0 Å². The van der Waals surface area contributed by atoms with E-state index in [2.05, 4.69) is 29.6 Å². The van der Waals surface area contributed by atoms with Crippen molar-refractivity contribution in [1.29, 1.82) is 0 Å². The monoisotopic (exact) mass is 315 g/mol. The molecule has 1 unspecified atom stereocenters. The van der Waals surface area contributed by atoms with E-state index in [0.717, 1.165) is 38.0 Å². The van der Waals surface area contributed by atoms with Crippen LogP contribution in [0.2, 0.25) is 0 Å². The summed E-state index contributed by atoms with van der Waals surface area (Å²) in [6.07, 6.45) is 4.25. The number of aromatic nitrogens is 1. The van der Waals surface area contributed by atoms with Crippen molar-refractivity contribution in [3.05, 3.63) is 17.5 Å². The van der Waals surface area contributed by atoms with Crippen molar-refractivity contribution in [3.8, 4) is 0 Å². The van der Waals surface area contributed by atoms with Crippen LogP contribution in [0.3, 0.4) is 0 Å². The maximum Gasteiger partial charge on any atom is 0.289 e. The SMILES string of the molecule is CCC(CC)c1cc(C(=O)NCCC2CCNC2)on1.Cl. The van der Waals surface area contributed by atoms with Crippen LogP contribution < -0.4 is 10.6 Å². The molecule has 1 aromatic heterocycles. The minimum Gasteiger partial charge on any atom is -0.351 e. The van der Waals surface area contributed by atoms with Gasteiger partial charge in [-0.3, -0.25) is 4.79 Å². The Morgan fingerprint density at radius 2 is 2.29 bits per heavy atom. The van der Waals surface area contributed by atoms with Crippen molar-refractivity contribution in [1.82, 2.24) is 15.8 Å². The molecule has 0 radical (unpaired) electrons. The Hall–Kier alpha value is -1.07. The van der Waals surface area contributed by atoms with E-state index in [-0.39, 0.29) is 18.3 Å². The second-order valence-electron chi connectivity index (χ2n) is 5.53. The molecule has 21 heavy (non-hydrogen) atoms. The topological polar surface area (TPSA) is 67.2 Å². The fourth-order valence-corrected chi connectivity index (χ4v) is 2.73. The predicted molar refractivity (Wildman–Crippen MR) is 85.0 cm³/mol. The van der Waals surface area contributed by atoms with Crippen molar-refractivity contribution in [2.75, 3.05) is 19.6 Å². The average molecular weight is 316 g/mol. The summed E-state index contributed by atoms with van der Waals surface area (Å²) >= 11 is 0. The van der Waals surface area contributed by atoms with E-state index in [1.165, 1.54) is 6.42 Å². The van der Waals surface area contributed by atoms with E-state index in [0.29, 0.717) is 24.1 Å². The van der Waals surface area contributed by atoms with E-state index in [1.54, 1.807) is 6.07 Å². The number of nitrogens with zero attached hydrogens (tertiary/aromatic N) is 1. The van der Waals surface area contributed by atoms with Crippen LogP contribution in [0.4, 0.5) is 0 Å². The number of carbonyl (C=O) groups is 1. The summed E-state index contributed by atoms with van der Waals surface area (Å²) in [6, 6.07) is 1.78. The van der Waals surface area contributed by atoms with Gasteiger partial charge in [0.2, 0.25) is 5.76 Å². The smallest absolute Gasteiger partial charge is 0.289 e. The number of carbonyl (C=O) groups excluding carboxylic acids is 1. The first-order valence-corrected chi connectivity index (χ1v) is 7.70. The zero-order valence-corrected chi connectivity index (χ0v) is 13.7. The van der Waals surface area contributed by atoms with Gasteiger partial charge in [0.25, 0.3) is 5.91 Å². The second-order valence-corrected chi connectivity index (χ2v) is 5.53. The highest BCUT2D eigenvalue weighted by molar-refractivity contribution is 5.91. The van der Waals surface area contributed by atoms with E-state index in [4.69, 9.17) is 4.52 Å². The lowest BCUT2D eigenvalue weighted by Crippen LogP contribution is -2.26. The summed E-state index contributed by atoms with van der Waals surface area (Å²) < 4.78 is 5.16. The number of hydrogen-bond acceptors (Lipinski definition) is 4. The van der Waals surface area contributed by atoms with Crippen molar-refractivity contribution in [2.24, 2.45) is 5.92 Å². The molecule has 2 N–H and O–H groups in total. The summed E-state index contributed by atoms with van der Waals surface area (Å²) in [5, 5.41) is 10.3. The molecule has 1 aliphatic rings. The normalized spacial score (nSPS) is 17.8. The summed E-state index contributed by atoms with van der Waals surface area (Å²) in [5.41, 5.74) is 0.889. The first kappa shape index (κ1) is 18.0. The van der Waals surface area contributed by atoms with Crippen LogP contribution in [0.25, 0.3) is 0 Å². The highest BCUT2D eigenvalue weighted by Gasteiger charge is 2.18. The number of halogens is 1. The van der Waals surface area contributed by atoms with Gasteiger partial charge in [-0.05, 0) is 44.7 Å². The maximum atomic E-state index is 12.0. The van der Waals surface area contributed by atoms with Crippen molar-refractivity contribution in [3.63, 3.8) is 0 Å². The Balaban J connectivity index is 0.00000220. The lowest BCUT2D eigenvalue weighted by atomic mass is 9.99. The van der Waals surface area contributed by atoms with Crippen LogP contribution in [0.5, 0.6) is 0 Å². The first-order valence-electron chi connectivity index (χ1n) is 7.70. The van der Waals surface area contributed by atoms with Gasteiger partial charge in [-0.25, -0.2) is 0 Å². The van der Waals surface area contributed by atoms with Gasteiger partial charge in [-0.1, -0.05) is 19.0 Å². The largest absolute Gasteiger partial charge is 0.351 e. The summed E-state index contributed by atoms with van der Waals surface area (Å²) in [7, 11) is 0. The summed E-state index contributed by atoms with van der Waals surface area (Å²) in [4.78, 5) is 12.0. The Morgan fingerprint density at radius 1 is 1.52 bits per heavy atom. The zero-order valence-electron chi connectivity index (χ0n) is 12.9. The van der Waals surface area contributed by atoms with Crippen LogP contribution in [0, 0.1) is 5.92 Å². The van der Waals surface area contributed by atoms with Crippen LogP contribution in [0.1, 0.15) is 61.7 Å². The Kier molecular flexibility index (Phi) is 7.75. The van der Waals surface area contributed by atoms with E-state index < -0.39 is 0 Å². The minimum absolute atomic E-state index is 0. The second kappa shape index (κ2) is 9.05.